The summed E-state index contributed by atoms with van der Waals surface area (Å²) in [4.78, 5) is 18.3. The number of nitrogens with zero attached hydrogens (tertiary/aromatic N) is 2. The van der Waals surface area contributed by atoms with Crippen molar-refractivity contribution in [1.82, 2.24) is 0 Å². The number of halogens is 1. The molecule has 0 aliphatic heterocycles. The van der Waals surface area contributed by atoms with Gasteiger partial charge >= 0.3 is 5.97 Å². The minimum Gasteiger partial charge on any atom is -0.481 e. The van der Waals surface area contributed by atoms with Gasteiger partial charge in [-0.25, -0.2) is 9.98 Å². The van der Waals surface area contributed by atoms with Crippen molar-refractivity contribution in [2.75, 3.05) is 5.75 Å². The fourth-order valence-corrected chi connectivity index (χ4v) is 1.75. The van der Waals surface area contributed by atoms with Crippen molar-refractivity contribution in [2.45, 2.75) is 13.3 Å². The maximum atomic E-state index is 10.3. The van der Waals surface area contributed by atoms with E-state index in [4.69, 9.17) is 5.11 Å². The van der Waals surface area contributed by atoms with Crippen molar-refractivity contribution in [3.05, 3.63) is 10.3 Å². The van der Waals surface area contributed by atoms with Crippen LogP contribution in [-0.4, -0.2) is 28.2 Å². The molecule has 1 N–H and O–H groups in total. The molecule has 0 radical (unpaired) electrons. The van der Waals surface area contributed by atoms with Crippen LogP contribution in [0.15, 0.2) is 20.3 Å². The van der Waals surface area contributed by atoms with Crippen molar-refractivity contribution < 1.29 is 9.90 Å². The molecule has 0 rings (SSSR count). The number of aliphatic imine (C=N–C) groups is 2. The molecule has 0 aromatic rings. The van der Waals surface area contributed by atoms with Gasteiger partial charge in [-0.15, -0.1) is 0 Å². The van der Waals surface area contributed by atoms with Crippen LogP contribution < -0.4 is 0 Å². The Balaban J connectivity index is 4.11. The summed E-state index contributed by atoms with van der Waals surface area (Å²) in [6.45, 7) is 5.40. The summed E-state index contributed by atoms with van der Waals surface area (Å²) >= 11 is 3.29. The summed E-state index contributed by atoms with van der Waals surface area (Å²) in [6.07, 6.45) is 1.73. The third-order valence-corrected chi connectivity index (χ3v) is 2.11. The van der Waals surface area contributed by atoms with Crippen LogP contribution in [0, 0.1) is 0 Å². The first-order chi connectivity index (χ1) is 6.56. The average molecular weight is 326 g/mol. The Bertz CT molecular complexity index is 277. The van der Waals surface area contributed by atoms with E-state index in [1.165, 1.54) is 11.8 Å². The molecule has 0 aromatic heterocycles. The molecule has 0 aliphatic rings. The molecule has 0 saturated heterocycles. The monoisotopic (exact) mass is 326 g/mol. The lowest BCUT2D eigenvalue weighted by Gasteiger charge is -1.97. The highest BCUT2D eigenvalue weighted by molar-refractivity contribution is 14.1. The highest BCUT2D eigenvalue weighted by atomic mass is 127. The first-order valence-electron chi connectivity index (χ1n) is 3.82. The third-order valence-electron chi connectivity index (χ3n) is 1.00. The van der Waals surface area contributed by atoms with E-state index in [-0.39, 0.29) is 6.42 Å². The molecule has 0 atom stereocenters. The molecular weight excluding hydrogens is 315 g/mol. The number of amidine groups is 1. The second-order valence-corrected chi connectivity index (χ2v) is 4.46. The van der Waals surface area contributed by atoms with E-state index < -0.39 is 5.97 Å². The fraction of sp³-hybridized carbons (Fsp3) is 0.375. The fourth-order valence-electron chi connectivity index (χ4n) is 0.542. The standard InChI is InChI=1S/C8H11IN2O2S/c1-3-10-8(11-6(2)9)14-5-4-7(12)13/h3H,2,4-5H2,1H3,(H,12,13). The zero-order valence-electron chi connectivity index (χ0n) is 7.73. The van der Waals surface area contributed by atoms with Gasteiger partial charge < -0.3 is 5.11 Å². The largest absolute Gasteiger partial charge is 0.481 e. The van der Waals surface area contributed by atoms with Crippen molar-refractivity contribution >= 4 is 51.7 Å². The van der Waals surface area contributed by atoms with Crippen molar-refractivity contribution in [3.63, 3.8) is 0 Å². The number of carboxylic acids is 1. The Hall–Kier alpha value is -0.370. The van der Waals surface area contributed by atoms with Crippen molar-refractivity contribution in [1.29, 1.82) is 0 Å². The summed E-state index contributed by atoms with van der Waals surface area (Å²) in [5.74, 6) is -0.347. The molecule has 0 spiro atoms. The molecule has 0 fully saturated rings. The van der Waals surface area contributed by atoms with Gasteiger partial charge in [-0.1, -0.05) is 18.3 Å². The molecule has 78 valence electrons. The average Bonchev–Trinajstić information content (AvgIpc) is 2.02. The summed E-state index contributed by atoms with van der Waals surface area (Å²) in [5, 5.41) is 8.98. The number of aliphatic carboxylic acids is 1. The summed E-state index contributed by atoms with van der Waals surface area (Å²) < 4.78 is 0.631. The van der Waals surface area contributed by atoms with E-state index in [1.807, 2.05) is 22.6 Å². The third kappa shape index (κ3) is 8.24. The number of carbonyl (C=O) groups is 1. The van der Waals surface area contributed by atoms with E-state index in [0.717, 1.165) is 0 Å². The van der Waals surface area contributed by atoms with Gasteiger partial charge in [0, 0.05) is 12.0 Å². The second-order valence-electron chi connectivity index (χ2n) is 2.15. The van der Waals surface area contributed by atoms with E-state index in [1.54, 1.807) is 13.1 Å². The molecule has 0 amide bonds. The lowest BCUT2D eigenvalue weighted by molar-refractivity contribution is -0.136. The van der Waals surface area contributed by atoms with Gasteiger partial charge in [0.15, 0.2) is 5.17 Å². The molecule has 0 unspecified atom stereocenters. The first-order valence-corrected chi connectivity index (χ1v) is 5.89. The molecule has 0 saturated carbocycles. The van der Waals surface area contributed by atoms with Gasteiger partial charge in [-0.05, 0) is 29.5 Å². The molecular formula is C8H11IN2O2S. The Labute approximate surface area is 101 Å². The Morgan fingerprint density at radius 1 is 1.71 bits per heavy atom. The van der Waals surface area contributed by atoms with Crippen LogP contribution in [-0.2, 0) is 4.79 Å². The molecule has 14 heavy (non-hydrogen) atoms. The lowest BCUT2D eigenvalue weighted by atomic mass is 10.5. The van der Waals surface area contributed by atoms with Crippen molar-refractivity contribution in [3.8, 4) is 0 Å². The lowest BCUT2D eigenvalue weighted by Crippen LogP contribution is -1.98. The van der Waals surface area contributed by atoms with E-state index in [9.17, 15) is 4.79 Å². The smallest absolute Gasteiger partial charge is 0.304 e. The van der Waals surface area contributed by atoms with E-state index in [2.05, 4.69) is 16.6 Å². The van der Waals surface area contributed by atoms with Crippen LogP contribution in [0.2, 0.25) is 0 Å². The van der Waals surface area contributed by atoms with Crippen LogP contribution in [0.25, 0.3) is 0 Å². The topological polar surface area (TPSA) is 62.0 Å². The molecule has 0 heterocycles. The van der Waals surface area contributed by atoms with Gasteiger partial charge in [-0.2, -0.15) is 0 Å². The van der Waals surface area contributed by atoms with Crippen molar-refractivity contribution in [2.24, 2.45) is 9.98 Å². The van der Waals surface area contributed by atoms with Gasteiger partial charge in [0.2, 0.25) is 0 Å². The Kier molecular flexibility index (Phi) is 7.77. The van der Waals surface area contributed by atoms with E-state index >= 15 is 0 Å². The number of thioether (sulfide) groups is 1. The summed E-state index contributed by atoms with van der Waals surface area (Å²) in [7, 11) is 0. The highest BCUT2D eigenvalue weighted by Crippen LogP contribution is 2.12. The minimum atomic E-state index is -0.814. The van der Waals surface area contributed by atoms with Crippen LogP contribution in [0.5, 0.6) is 0 Å². The van der Waals surface area contributed by atoms with Gasteiger partial charge in [0.1, 0.15) is 0 Å². The maximum Gasteiger partial charge on any atom is 0.304 e. The van der Waals surface area contributed by atoms with Crippen LogP contribution in [0.3, 0.4) is 0 Å². The number of rotatable bonds is 4. The normalized spacial score (nSPS) is 12.0. The van der Waals surface area contributed by atoms with Gasteiger partial charge in [0.25, 0.3) is 0 Å². The van der Waals surface area contributed by atoms with E-state index in [0.29, 0.717) is 14.6 Å². The molecule has 0 bridgehead atoms. The molecule has 6 heteroatoms. The molecule has 0 aromatic carbocycles. The highest BCUT2D eigenvalue weighted by Gasteiger charge is 2.01. The first kappa shape index (κ1) is 13.6. The Morgan fingerprint density at radius 3 is 2.79 bits per heavy atom. The minimum absolute atomic E-state index is 0.108. The van der Waals surface area contributed by atoms with Crippen LogP contribution >= 0.6 is 34.4 Å². The summed E-state index contributed by atoms with van der Waals surface area (Å²) in [6, 6.07) is 0. The number of hydrogen-bond donors (Lipinski definition) is 1. The predicted octanol–water partition coefficient (Wildman–Crippen LogP) is 2.55. The zero-order valence-corrected chi connectivity index (χ0v) is 10.7. The number of carboxylic acid groups (broad SMARTS) is 1. The SMILES string of the molecule is C=C(I)N=C(N=CC)SCCC(=O)O. The van der Waals surface area contributed by atoms with Gasteiger partial charge in [0.05, 0.1) is 10.1 Å². The maximum absolute atomic E-state index is 10.3. The second kappa shape index (κ2) is 7.98. The van der Waals surface area contributed by atoms with Gasteiger partial charge in [-0.3, -0.25) is 4.79 Å². The zero-order chi connectivity index (χ0) is 11.0. The molecule has 0 aliphatic carbocycles. The number of hydrogen-bond acceptors (Lipinski definition) is 3. The Morgan fingerprint density at radius 2 is 2.36 bits per heavy atom. The quantitative estimate of drug-likeness (QED) is 0.374. The molecule has 4 nitrogen and oxygen atoms in total. The summed E-state index contributed by atoms with van der Waals surface area (Å²) in [5.41, 5.74) is 0. The van der Waals surface area contributed by atoms with Crippen LogP contribution in [0.1, 0.15) is 13.3 Å². The predicted molar refractivity (Wildman–Crippen MR) is 69.5 cm³/mol. The van der Waals surface area contributed by atoms with Crippen LogP contribution in [0.4, 0.5) is 0 Å².